The molecule has 1 spiro atoms. The maximum Gasteiger partial charge on any atom is 0.0992 e. The SMILES string of the molecule is N#Cc1cccc(N(c2ccccc2)c2cc3c(c4ccccc24)-c2cc4ccccc4cc2C32c3ccccc3-c3ccccc32)c1. The number of hydrogen-bond donors (Lipinski definition) is 0. The molecular weight excluding hydrogens is 581 g/mol. The van der Waals surface area contributed by atoms with Gasteiger partial charge in [-0.1, -0.05) is 121 Å². The summed E-state index contributed by atoms with van der Waals surface area (Å²) in [4.78, 5) is 2.32. The average molecular weight is 609 g/mol. The minimum atomic E-state index is -0.502. The molecule has 8 aromatic rings. The summed E-state index contributed by atoms with van der Waals surface area (Å²) in [7, 11) is 0. The molecule has 0 aliphatic heterocycles. The van der Waals surface area contributed by atoms with Gasteiger partial charge in [-0.2, -0.15) is 5.26 Å². The summed E-state index contributed by atoms with van der Waals surface area (Å²) in [5, 5.41) is 14.8. The van der Waals surface area contributed by atoms with Gasteiger partial charge in [0.25, 0.3) is 0 Å². The molecule has 0 aromatic heterocycles. The molecule has 0 saturated heterocycles. The maximum absolute atomic E-state index is 9.92. The number of nitriles is 1. The number of fused-ring (bicyclic) bond motifs is 13. The van der Waals surface area contributed by atoms with Crippen molar-refractivity contribution in [3.8, 4) is 28.3 Å². The summed E-state index contributed by atoms with van der Waals surface area (Å²) < 4.78 is 0. The van der Waals surface area contributed by atoms with Gasteiger partial charge in [-0.15, -0.1) is 0 Å². The lowest BCUT2D eigenvalue weighted by Gasteiger charge is -2.33. The zero-order valence-corrected chi connectivity index (χ0v) is 26.1. The van der Waals surface area contributed by atoms with Gasteiger partial charge in [0.15, 0.2) is 0 Å². The van der Waals surface area contributed by atoms with E-state index < -0.39 is 5.41 Å². The highest BCUT2D eigenvalue weighted by Crippen LogP contribution is 2.65. The molecule has 48 heavy (non-hydrogen) atoms. The van der Waals surface area contributed by atoms with E-state index in [1.54, 1.807) is 0 Å². The van der Waals surface area contributed by atoms with Gasteiger partial charge in [0.1, 0.15) is 0 Å². The second-order valence-corrected chi connectivity index (χ2v) is 12.8. The van der Waals surface area contributed by atoms with Crippen molar-refractivity contribution in [2.45, 2.75) is 5.41 Å². The molecule has 222 valence electrons. The fraction of sp³-hybridized carbons (Fsp3) is 0.0217. The highest BCUT2D eigenvalue weighted by Gasteiger charge is 2.52. The molecule has 0 fully saturated rings. The normalized spacial score (nSPS) is 13.1. The Balaban J connectivity index is 1.40. The number of anilines is 3. The Labute approximate surface area is 279 Å². The first-order chi connectivity index (χ1) is 23.8. The lowest BCUT2D eigenvalue weighted by molar-refractivity contribution is 0.795. The van der Waals surface area contributed by atoms with Gasteiger partial charge in [-0.3, -0.25) is 0 Å². The molecular formula is C46H28N2. The Morgan fingerprint density at radius 2 is 1.04 bits per heavy atom. The van der Waals surface area contributed by atoms with Crippen LogP contribution in [0.5, 0.6) is 0 Å². The smallest absolute Gasteiger partial charge is 0.0992 e. The number of hydrogen-bond acceptors (Lipinski definition) is 2. The van der Waals surface area contributed by atoms with Crippen molar-refractivity contribution >= 4 is 38.6 Å². The summed E-state index contributed by atoms with van der Waals surface area (Å²) in [5.74, 6) is 0. The molecule has 0 saturated carbocycles. The molecule has 0 radical (unpaired) electrons. The van der Waals surface area contributed by atoms with Crippen molar-refractivity contribution in [2.24, 2.45) is 0 Å². The Bertz CT molecular complexity index is 2600. The number of rotatable bonds is 3. The quantitative estimate of drug-likeness (QED) is 0.199. The van der Waals surface area contributed by atoms with Crippen molar-refractivity contribution in [3.63, 3.8) is 0 Å². The molecule has 2 nitrogen and oxygen atoms in total. The van der Waals surface area contributed by atoms with Crippen LogP contribution in [0, 0.1) is 11.3 Å². The molecule has 0 amide bonds. The molecule has 2 heteroatoms. The van der Waals surface area contributed by atoms with Crippen molar-refractivity contribution in [1.82, 2.24) is 0 Å². The van der Waals surface area contributed by atoms with Crippen molar-refractivity contribution in [2.75, 3.05) is 4.90 Å². The van der Waals surface area contributed by atoms with E-state index in [1.807, 2.05) is 18.2 Å². The molecule has 8 aromatic carbocycles. The summed E-state index contributed by atoms with van der Waals surface area (Å²) in [6, 6.07) is 63.7. The van der Waals surface area contributed by atoms with Crippen LogP contribution in [0.15, 0.2) is 170 Å². The van der Waals surface area contributed by atoms with E-state index in [0.29, 0.717) is 5.56 Å². The Morgan fingerprint density at radius 1 is 0.438 bits per heavy atom. The molecule has 10 rings (SSSR count). The minimum absolute atomic E-state index is 0.502. The third-order valence-corrected chi connectivity index (χ3v) is 10.4. The molecule has 0 unspecified atom stereocenters. The predicted octanol–water partition coefficient (Wildman–Crippen LogP) is 11.7. The standard InChI is InChI=1S/C46H28N2/c47-29-30-13-12-18-34(25-30)48(33-16-2-1-3-17-33)44-28-43-45(38-22-7-6-21-37(38)44)39-26-31-14-4-5-15-32(31)27-42(39)46(43)40-23-10-8-19-35(40)36-20-9-11-24-41(36)46/h1-28H. The monoisotopic (exact) mass is 608 g/mol. The zero-order chi connectivity index (χ0) is 31.8. The Kier molecular flexibility index (Phi) is 5.59. The van der Waals surface area contributed by atoms with Gasteiger partial charge in [0.2, 0.25) is 0 Å². The summed E-state index contributed by atoms with van der Waals surface area (Å²) in [6.07, 6.45) is 0. The van der Waals surface area contributed by atoms with Gasteiger partial charge in [-0.25, -0.2) is 0 Å². The van der Waals surface area contributed by atoms with Crippen molar-refractivity contribution in [1.29, 1.82) is 5.26 Å². The van der Waals surface area contributed by atoms with Gasteiger partial charge in [0.05, 0.1) is 22.7 Å². The second-order valence-electron chi connectivity index (χ2n) is 12.8. The largest absolute Gasteiger partial charge is 0.310 e. The minimum Gasteiger partial charge on any atom is -0.310 e. The van der Waals surface area contributed by atoms with Crippen molar-refractivity contribution in [3.05, 3.63) is 198 Å². The van der Waals surface area contributed by atoms with Crippen molar-refractivity contribution < 1.29 is 0 Å². The van der Waals surface area contributed by atoms with Crippen LogP contribution in [0.4, 0.5) is 17.1 Å². The Morgan fingerprint density at radius 3 is 1.77 bits per heavy atom. The zero-order valence-electron chi connectivity index (χ0n) is 26.1. The lowest BCUT2D eigenvalue weighted by atomic mass is 9.70. The Hall–Kier alpha value is -6.43. The predicted molar refractivity (Wildman–Crippen MR) is 197 cm³/mol. The van der Waals surface area contributed by atoms with Gasteiger partial charge in [0, 0.05) is 16.8 Å². The number of benzene rings is 8. The topological polar surface area (TPSA) is 27.0 Å². The van der Waals surface area contributed by atoms with E-state index in [0.717, 1.165) is 22.4 Å². The van der Waals surface area contributed by atoms with E-state index in [1.165, 1.54) is 60.7 Å². The highest BCUT2D eigenvalue weighted by atomic mass is 15.1. The van der Waals surface area contributed by atoms with Crippen LogP contribution in [0.3, 0.4) is 0 Å². The van der Waals surface area contributed by atoms with E-state index >= 15 is 0 Å². The first kappa shape index (κ1) is 26.8. The summed E-state index contributed by atoms with van der Waals surface area (Å²) in [6.45, 7) is 0. The summed E-state index contributed by atoms with van der Waals surface area (Å²) >= 11 is 0. The molecule has 2 aliphatic carbocycles. The summed E-state index contributed by atoms with van der Waals surface area (Å²) in [5.41, 5.74) is 13.6. The van der Waals surface area contributed by atoms with Crippen LogP contribution in [-0.4, -0.2) is 0 Å². The van der Waals surface area contributed by atoms with Crippen LogP contribution < -0.4 is 4.90 Å². The number of para-hydroxylation sites is 1. The fourth-order valence-electron chi connectivity index (χ4n) is 8.56. The van der Waals surface area contributed by atoms with Crippen LogP contribution in [0.1, 0.15) is 27.8 Å². The van der Waals surface area contributed by atoms with Crippen LogP contribution in [-0.2, 0) is 5.41 Å². The van der Waals surface area contributed by atoms with E-state index in [2.05, 4.69) is 163 Å². The van der Waals surface area contributed by atoms with Crippen LogP contribution >= 0.6 is 0 Å². The maximum atomic E-state index is 9.92. The lowest BCUT2D eigenvalue weighted by Crippen LogP contribution is -2.26. The molecule has 0 bridgehead atoms. The first-order valence-electron chi connectivity index (χ1n) is 16.4. The third-order valence-electron chi connectivity index (χ3n) is 10.4. The molecule has 0 N–H and O–H groups in total. The highest BCUT2D eigenvalue weighted by molar-refractivity contribution is 6.13. The third kappa shape index (κ3) is 3.51. The van der Waals surface area contributed by atoms with E-state index in [4.69, 9.17) is 0 Å². The van der Waals surface area contributed by atoms with E-state index in [-0.39, 0.29) is 0 Å². The molecule has 0 atom stereocenters. The number of nitrogens with zero attached hydrogens (tertiary/aromatic N) is 2. The fourth-order valence-corrected chi connectivity index (χ4v) is 8.56. The average Bonchev–Trinajstić information content (AvgIpc) is 3.61. The van der Waals surface area contributed by atoms with Crippen LogP contribution in [0.25, 0.3) is 43.8 Å². The molecule has 2 aliphatic rings. The van der Waals surface area contributed by atoms with Gasteiger partial charge >= 0.3 is 0 Å². The molecule has 0 heterocycles. The van der Waals surface area contributed by atoms with Gasteiger partial charge in [-0.05, 0) is 109 Å². The van der Waals surface area contributed by atoms with Crippen LogP contribution in [0.2, 0.25) is 0 Å². The van der Waals surface area contributed by atoms with Gasteiger partial charge < -0.3 is 4.90 Å². The van der Waals surface area contributed by atoms with E-state index in [9.17, 15) is 5.26 Å². The first-order valence-corrected chi connectivity index (χ1v) is 16.4. The second kappa shape index (κ2) is 10.0.